The Morgan fingerprint density at radius 1 is 1.14 bits per heavy atom. The van der Waals surface area contributed by atoms with Crippen LogP contribution in [0.4, 0.5) is 13.2 Å². The minimum atomic E-state index is -4.50. The maximum atomic E-state index is 12.8. The summed E-state index contributed by atoms with van der Waals surface area (Å²) in [6.45, 7) is 0.496. The van der Waals surface area contributed by atoms with Crippen molar-refractivity contribution in [1.29, 1.82) is 0 Å². The summed E-state index contributed by atoms with van der Waals surface area (Å²) in [5, 5.41) is 12.3. The molecule has 2 aromatic heterocycles. The molecule has 3 rings (SSSR count). The number of aryl methyl sites for hydroxylation is 1. The van der Waals surface area contributed by atoms with Gasteiger partial charge in [0.15, 0.2) is 5.82 Å². The number of benzene rings is 1. The van der Waals surface area contributed by atoms with Gasteiger partial charge in [0.05, 0.1) is 5.56 Å². The second-order valence-electron chi connectivity index (χ2n) is 6.21. The third kappa shape index (κ3) is 5.74. The largest absolute Gasteiger partial charge is 0.416 e. The Hall–Kier alpha value is -3.01. The van der Waals surface area contributed by atoms with Crippen molar-refractivity contribution in [3.05, 3.63) is 68.3 Å². The van der Waals surface area contributed by atoms with Crippen LogP contribution < -0.4 is 10.9 Å². The lowest BCUT2D eigenvalue weighted by Gasteiger charge is -2.08. The van der Waals surface area contributed by atoms with Crippen molar-refractivity contribution in [2.75, 3.05) is 6.54 Å². The van der Waals surface area contributed by atoms with Crippen LogP contribution in [0.5, 0.6) is 0 Å². The molecular formula is C19H17F3N4O2S. The van der Waals surface area contributed by atoms with Crippen molar-refractivity contribution in [2.24, 2.45) is 0 Å². The molecule has 0 aliphatic rings. The lowest BCUT2D eigenvalue weighted by Crippen LogP contribution is -2.27. The summed E-state index contributed by atoms with van der Waals surface area (Å²) in [4.78, 5) is 27.7. The number of H-pyrrole nitrogens is 1. The Morgan fingerprint density at radius 2 is 1.97 bits per heavy atom. The fraction of sp³-hybridized carbons (Fsp3) is 0.263. The zero-order valence-electron chi connectivity index (χ0n) is 15.1. The number of aromatic nitrogens is 3. The number of alkyl halides is 3. The van der Waals surface area contributed by atoms with E-state index in [-0.39, 0.29) is 35.8 Å². The monoisotopic (exact) mass is 422 g/mol. The van der Waals surface area contributed by atoms with E-state index in [9.17, 15) is 22.8 Å². The number of carbonyl (C=O) groups excluding carboxylic acids is 1. The van der Waals surface area contributed by atoms with Crippen LogP contribution in [-0.4, -0.2) is 27.6 Å². The third-order valence-electron chi connectivity index (χ3n) is 4.09. The highest BCUT2D eigenvalue weighted by atomic mass is 32.1. The highest BCUT2D eigenvalue weighted by Crippen LogP contribution is 2.31. The van der Waals surface area contributed by atoms with Crippen molar-refractivity contribution in [1.82, 2.24) is 20.5 Å². The molecule has 29 heavy (non-hydrogen) atoms. The van der Waals surface area contributed by atoms with Crippen LogP contribution in [0.1, 0.15) is 22.6 Å². The maximum absolute atomic E-state index is 12.8. The number of rotatable bonds is 7. The lowest BCUT2D eigenvalue weighted by molar-refractivity contribution is -0.137. The van der Waals surface area contributed by atoms with Crippen molar-refractivity contribution < 1.29 is 18.0 Å². The van der Waals surface area contributed by atoms with Crippen molar-refractivity contribution >= 4 is 17.2 Å². The summed E-state index contributed by atoms with van der Waals surface area (Å²) < 4.78 is 38.5. The quantitative estimate of drug-likeness (QED) is 0.612. The average molecular weight is 422 g/mol. The maximum Gasteiger partial charge on any atom is 0.416 e. The number of aromatic amines is 1. The van der Waals surface area contributed by atoms with E-state index in [2.05, 4.69) is 20.5 Å². The topological polar surface area (TPSA) is 87.7 Å². The molecule has 0 aliphatic carbocycles. The first-order valence-electron chi connectivity index (χ1n) is 8.75. The van der Waals surface area contributed by atoms with Crippen molar-refractivity contribution in [3.63, 3.8) is 0 Å². The SMILES string of the molecule is O=C(CCc1nnc(-c2cccc(C(F)(F)F)c2)[nH]c1=O)NCCc1cccs1. The van der Waals surface area contributed by atoms with Crippen molar-refractivity contribution in [3.8, 4) is 11.4 Å². The predicted octanol–water partition coefficient (Wildman–Crippen LogP) is 3.20. The van der Waals surface area contributed by atoms with Gasteiger partial charge in [0.25, 0.3) is 5.56 Å². The fourth-order valence-electron chi connectivity index (χ4n) is 2.60. The Labute approximate surface area is 167 Å². The molecule has 0 aliphatic heterocycles. The molecule has 0 saturated heterocycles. The number of halogens is 3. The molecule has 10 heteroatoms. The summed E-state index contributed by atoms with van der Waals surface area (Å²) in [6.07, 6.45) is -3.63. The van der Waals surface area contributed by atoms with Crippen LogP contribution >= 0.6 is 11.3 Å². The molecule has 0 fully saturated rings. The van der Waals surface area contributed by atoms with E-state index >= 15 is 0 Å². The molecule has 2 N–H and O–H groups in total. The summed E-state index contributed by atoms with van der Waals surface area (Å²) in [7, 11) is 0. The Morgan fingerprint density at radius 3 is 2.66 bits per heavy atom. The van der Waals surface area contributed by atoms with E-state index in [1.807, 2.05) is 17.5 Å². The van der Waals surface area contributed by atoms with Crippen LogP contribution in [0.15, 0.2) is 46.6 Å². The Balaban J connectivity index is 1.58. The molecule has 152 valence electrons. The number of thiophene rings is 1. The number of nitrogens with one attached hydrogen (secondary N) is 2. The van der Waals surface area contributed by atoms with Gasteiger partial charge in [0.1, 0.15) is 5.69 Å². The van der Waals surface area contributed by atoms with Gasteiger partial charge in [-0.3, -0.25) is 9.59 Å². The van der Waals surface area contributed by atoms with Crippen LogP contribution in [0.3, 0.4) is 0 Å². The first kappa shape index (κ1) is 20.7. The van der Waals surface area contributed by atoms with E-state index in [1.165, 1.54) is 12.1 Å². The molecule has 1 aromatic carbocycles. The second-order valence-corrected chi connectivity index (χ2v) is 7.24. The third-order valence-corrected chi connectivity index (χ3v) is 5.03. The first-order valence-corrected chi connectivity index (χ1v) is 9.63. The molecule has 6 nitrogen and oxygen atoms in total. The van der Waals surface area contributed by atoms with Gasteiger partial charge >= 0.3 is 6.18 Å². The van der Waals surface area contributed by atoms with E-state index in [4.69, 9.17) is 0 Å². The molecule has 0 saturated carbocycles. The molecule has 0 bridgehead atoms. The number of hydrogen-bond donors (Lipinski definition) is 2. The summed E-state index contributed by atoms with van der Waals surface area (Å²) >= 11 is 1.61. The highest BCUT2D eigenvalue weighted by molar-refractivity contribution is 7.09. The Kier molecular flexibility index (Phi) is 6.42. The van der Waals surface area contributed by atoms with Crippen molar-refractivity contribution in [2.45, 2.75) is 25.4 Å². The van der Waals surface area contributed by atoms with Gasteiger partial charge in [-0.2, -0.15) is 13.2 Å². The zero-order chi connectivity index (χ0) is 20.9. The van der Waals surface area contributed by atoms with E-state index in [1.54, 1.807) is 11.3 Å². The fourth-order valence-corrected chi connectivity index (χ4v) is 3.31. The van der Waals surface area contributed by atoms with Gasteiger partial charge in [-0.15, -0.1) is 21.5 Å². The number of nitrogens with zero attached hydrogens (tertiary/aromatic N) is 2. The average Bonchev–Trinajstić information content (AvgIpc) is 3.20. The number of hydrogen-bond acceptors (Lipinski definition) is 5. The molecule has 2 heterocycles. The molecule has 0 unspecified atom stereocenters. The minimum Gasteiger partial charge on any atom is -0.356 e. The normalized spacial score (nSPS) is 11.4. The van der Waals surface area contributed by atoms with Gasteiger partial charge in [0, 0.05) is 29.8 Å². The van der Waals surface area contributed by atoms with Gasteiger partial charge in [-0.1, -0.05) is 18.2 Å². The van der Waals surface area contributed by atoms with Crippen LogP contribution in [0, 0.1) is 0 Å². The molecule has 0 radical (unpaired) electrons. The molecule has 1 amide bonds. The van der Waals surface area contributed by atoms with E-state index < -0.39 is 17.3 Å². The standard InChI is InChI=1S/C19H17F3N4O2S/c20-19(21,22)13-4-1-3-12(11-13)17-24-18(28)15(25-26-17)6-7-16(27)23-9-8-14-5-2-10-29-14/h1-5,10-11H,6-9H2,(H,23,27)(H,24,26,28). The minimum absolute atomic E-state index is 0.0501. The smallest absolute Gasteiger partial charge is 0.356 e. The highest BCUT2D eigenvalue weighted by Gasteiger charge is 2.30. The van der Waals surface area contributed by atoms with Gasteiger partial charge in [-0.25, -0.2) is 0 Å². The van der Waals surface area contributed by atoms with Crippen LogP contribution in [0.25, 0.3) is 11.4 Å². The van der Waals surface area contributed by atoms with Crippen LogP contribution in [0.2, 0.25) is 0 Å². The first-order chi connectivity index (χ1) is 13.8. The molecule has 3 aromatic rings. The molecule has 0 atom stereocenters. The van der Waals surface area contributed by atoms with Gasteiger partial charge in [-0.05, 0) is 30.0 Å². The Bertz CT molecular complexity index is 1030. The van der Waals surface area contributed by atoms with Gasteiger partial charge < -0.3 is 10.3 Å². The summed E-state index contributed by atoms with van der Waals surface area (Å²) in [5.74, 6) is -0.282. The number of carbonyl (C=O) groups is 1. The summed E-state index contributed by atoms with van der Waals surface area (Å²) in [6, 6.07) is 8.37. The lowest BCUT2D eigenvalue weighted by atomic mass is 10.1. The second kappa shape index (κ2) is 8.99. The van der Waals surface area contributed by atoms with E-state index in [0.29, 0.717) is 6.54 Å². The molecular weight excluding hydrogens is 405 g/mol. The molecule has 0 spiro atoms. The predicted molar refractivity (Wildman–Crippen MR) is 102 cm³/mol. The van der Waals surface area contributed by atoms with Crippen LogP contribution in [-0.2, 0) is 23.8 Å². The number of amides is 1. The summed E-state index contributed by atoms with van der Waals surface area (Å²) in [5.41, 5.74) is -1.28. The zero-order valence-corrected chi connectivity index (χ0v) is 15.9. The van der Waals surface area contributed by atoms with E-state index in [0.717, 1.165) is 23.4 Å². The van der Waals surface area contributed by atoms with Gasteiger partial charge in [0.2, 0.25) is 5.91 Å².